The molecule has 0 heterocycles. The van der Waals surface area contributed by atoms with Crippen molar-refractivity contribution in [3.63, 3.8) is 0 Å². The lowest BCUT2D eigenvalue weighted by atomic mass is 10.3. The number of hydrogen-bond acceptors (Lipinski definition) is 6. The number of hydrogen-bond donors (Lipinski definition) is 2. The summed E-state index contributed by atoms with van der Waals surface area (Å²) in [5.74, 6) is -0.195. The van der Waals surface area contributed by atoms with Crippen molar-refractivity contribution in [2.24, 2.45) is 5.14 Å². The molecule has 0 aliphatic carbocycles. The molecule has 134 valence electrons. The zero-order valence-corrected chi connectivity index (χ0v) is 14.8. The molecule has 2 aromatic rings. The highest BCUT2D eigenvalue weighted by Gasteiger charge is 2.10. The molecule has 10 heteroatoms. The first kappa shape index (κ1) is 18.9. The lowest BCUT2D eigenvalue weighted by molar-refractivity contribution is -0.118. The zero-order valence-electron chi connectivity index (χ0n) is 13.2. The van der Waals surface area contributed by atoms with Gasteiger partial charge in [-0.3, -0.25) is 4.79 Å². The third-order valence-electron chi connectivity index (χ3n) is 3.07. The van der Waals surface area contributed by atoms with Gasteiger partial charge in [-0.2, -0.15) is 0 Å². The van der Waals surface area contributed by atoms with Gasteiger partial charge in [-0.05, 0) is 42.5 Å². The minimum Gasteiger partial charge on any atom is -0.484 e. The summed E-state index contributed by atoms with van der Waals surface area (Å²) in [6.07, 6.45) is 1.09. The van der Waals surface area contributed by atoms with Crippen molar-refractivity contribution in [2.45, 2.75) is 9.79 Å². The van der Waals surface area contributed by atoms with Gasteiger partial charge in [-0.1, -0.05) is 6.07 Å². The Balaban J connectivity index is 1.97. The van der Waals surface area contributed by atoms with Gasteiger partial charge < -0.3 is 10.1 Å². The van der Waals surface area contributed by atoms with Gasteiger partial charge in [0.15, 0.2) is 16.4 Å². The molecule has 0 unspecified atom stereocenters. The van der Waals surface area contributed by atoms with Crippen LogP contribution in [0.2, 0.25) is 0 Å². The quantitative estimate of drug-likeness (QED) is 0.755. The van der Waals surface area contributed by atoms with Crippen LogP contribution in [0.1, 0.15) is 0 Å². The SMILES string of the molecule is CS(=O)(=O)c1ccc(OCC(=O)Nc2cccc(S(N)(=O)=O)c2)cc1. The second kappa shape index (κ2) is 7.21. The number of rotatable bonds is 6. The number of primary sulfonamides is 1. The average Bonchev–Trinajstić information content (AvgIpc) is 2.52. The number of nitrogens with two attached hydrogens (primary N) is 1. The van der Waals surface area contributed by atoms with E-state index in [1.807, 2.05) is 0 Å². The van der Waals surface area contributed by atoms with Gasteiger partial charge in [0.2, 0.25) is 10.0 Å². The maximum atomic E-state index is 11.9. The van der Waals surface area contributed by atoms with Crippen LogP contribution in [0, 0.1) is 0 Å². The molecule has 0 radical (unpaired) electrons. The van der Waals surface area contributed by atoms with Gasteiger partial charge in [0.05, 0.1) is 9.79 Å². The average molecular weight is 384 g/mol. The number of carbonyl (C=O) groups is 1. The minimum absolute atomic E-state index is 0.123. The number of nitrogens with one attached hydrogen (secondary N) is 1. The zero-order chi connectivity index (χ0) is 18.7. The Bertz CT molecular complexity index is 983. The van der Waals surface area contributed by atoms with Crippen LogP contribution in [0.25, 0.3) is 0 Å². The predicted molar refractivity (Wildman–Crippen MR) is 91.5 cm³/mol. The highest BCUT2D eigenvalue weighted by molar-refractivity contribution is 7.90. The van der Waals surface area contributed by atoms with E-state index in [1.54, 1.807) is 0 Å². The highest BCUT2D eigenvalue weighted by atomic mass is 32.2. The number of ether oxygens (including phenoxy) is 1. The Hall–Kier alpha value is -2.43. The van der Waals surface area contributed by atoms with Crippen molar-refractivity contribution in [1.82, 2.24) is 0 Å². The third-order valence-corrected chi connectivity index (χ3v) is 5.11. The van der Waals surface area contributed by atoms with Gasteiger partial charge in [-0.15, -0.1) is 0 Å². The largest absolute Gasteiger partial charge is 0.484 e. The van der Waals surface area contributed by atoms with Crippen molar-refractivity contribution < 1.29 is 26.4 Å². The maximum Gasteiger partial charge on any atom is 0.262 e. The van der Waals surface area contributed by atoms with Crippen LogP contribution in [0.4, 0.5) is 5.69 Å². The highest BCUT2D eigenvalue weighted by Crippen LogP contribution is 2.16. The molecular formula is C15H16N2O6S2. The molecular weight excluding hydrogens is 368 g/mol. The Kier molecular flexibility index (Phi) is 5.45. The third kappa shape index (κ3) is 5.55. The van der Waals surface area contributed by atoms with Gasteiger partial charge in [0.1, 0.15) is 5.75 Å². The van der Waals surface area contributed by atoms with E-state index in [1.165, 1.54) is 48.5 Å². The Labute approximate surface area is 145 Å². The molecule has 0 atom stereocenters. The van der Waals surface area contributed by atoms with E-state index in [4.69, 9.17) is 9.88 Å². The maximum absolute atomic E-state index is 11.9. The molecule has 0 saturated heterocycles. The standard InChI is InChI=1S/C15H16N2O6S2/c1-24(19,20)13-7-5-12(6-8-13)23-10-15(18)17-11-3-2-4-14(9-11)25(16,21)22/h2-9H,10H2,1H3,(H,17,18)(H2,16,21,22). The molecule has 1 amide bonds. The summed E-state index contributed by atoms with van der Waals surface area (Å²) >= 11 is 0. The van der Waals surface area contributed by atoms with Crippen LogP contribution in [-0.4, -0.2) is 35.6 Å². The van der Waals surface area contributed by atoms with Crippen LogP contribution in [0.3, 0.4) is 0 Å². The van der Waals surface area contributed by atoms with Crippen molar-refractivity contribution in [3.8, 4) is 5.75 Å². The topological polar surface area (TPSA) is 133 Å². The Morgan fingerprint density at radius 1 is 1.04 bits per heavy atom. The number of anilines is 1. The van der Waals surface area contributed by atoms with Crippen molar-refractivity contribution in [3.05, 3.63) is 48.5 Å². The number of sulfonamides is 1. The van der Waals surface area contributed by atoms with Gasteiger partial charge in [-0.25, -0.2) is 22.0 Å². The van der Waals surface area contributed by atoms with Gasteiger partial charge >= 0.3 is 0 Å². The molecule has 0 spiro atoms. The van der Waals surface area contributed by atoms with E-state index in [0.29, 0.717) is 5.75 Å². The Morgan fingerprint density at radius 3 is 2.24 bits per heavy atom. The summed E-state index contributed by atoms with van der Waals surface area (Å²) < 4.78 is 50.5. The molecule has 25 heavy (non-hydrogen) atoms. The van der Waals surface area contributed by atoms with Crippen molar-refractivity contribution >= 4 is 31.5 Å². The first-order valence-electron chi connectivity index (χ1n) is 6.91. The summed E-state index contributed by atoms with van der Waals surface area (Å²) in [4.78, 5) is 11.9. The smallest absolute Gasteiger partial charge is 0.262 e. The fourth-order valence-corrected chi connectivity index (χ4v) is 3.07. The van der Waals surface area contributed by atoms with E-state index in [-0.39, 0.29) is 22.1 Å². The minimum atomic E-state index is -3.86. The molecule has 3 N–H and O–H groups in total. The normalized spacial score (nSPS) is 11.8. The summed E-state index contributed by atoms with van der Waals surface area (Å²) in [6, 6.07) is 11.1. The first-order chi connectivity index (χ1) is 11.6. The first-order valence-corrected chi connectivity index (χ1v) is 10.3. The van der Waals surface area contributed by atoms with Crippen LogP contribution in [0.15, 0.2) is 58.3 Å². The molecule has 0 aromatic heterocycles. The lowest BCUT2D eigenvalue weighted by Gasteiger charge is -2.09. The predicted octanol–water partition coefficient (Wildman–Crippen LogP) is 0.755. The number of benzene rings is 2. The van der Waals surface area contributed by atoms with E-state index in [0.717, 1.165) is 6.26 Å². The van der Waals surface area contributed by atoms with Crippen LogP contribution in [-0.2, 0) is 24.7 Å². The van der Waals surface area contributed by atoms with Crippen molar-refractivity contribution in [2.75, 3.05) is 18.2 Å². The van der Waals surface area contributed by atoms with Gasteiger partial charge in [0.25, 0.3) is 5.91 Å². The number of amides is 1. The van der Waals surface area contributed by atoms with Crippen LogP contribution in [0.5, 0.6) is 5.75 Å². The van der Waals surface area contributed by atoms with Crippen molar-refractivity contribution in [1.29, 1.82) is 0 Å². The van der Waals surface area contributed by atoms with E-state index in [2.05, 4.69) is 5.32 Å². The second-order valence-electron chi connectivity index (χ2n) is 5.15. The molecule has 0 aliphatic rings. The van der Waals surface area contributed by atoms with Crippen LogP contribution >= 0.6 is 0 Å². The summed E-state index contributed by atoms with van der Waals surface area (Å²) in [6.45, 7) is -0.335. The van der Waals surface area contributed by atoms with E-state index >= 15 is 0 Å². The molecule has 8 nitrogen and oxygen atoms in total. The lowest BCUT2D eigenvalue weighted by Crippen LogP contribution is -2.20. The Morgan fingerprint density at radius 2 is 1.68 bits per heavy atom. The number of carbonyl (C=O) groups excluding carboxylic acids is 1. The fraction of sp³-hybridized carbons (Fsp3) is 0.133. The van der Waals surface area contributed by atoms with Crippen LogP contribution < -0.4 is 15.2 Å². The summed E-state index contributed by atoms with van der Waals surface area (Å²) in [7, 11) is -7.17. The van der Waals surface area contributed by atoms with E-state index < -0.39 is 25.8 Å². The summed E-state index contributed by atoms with van der Waals surface area (Å²) in [5, 5.41) is 7.51. The summed E-state index contributed by atoms with van der Waals surface area (Å²) in [5.41, 5.74) is 0.257. The number of sulfone groups is 1. The van der Waals surface area contributed by atoms with E-state index in [9.17, 15) is 21.6 Å². The molecule has 0 saturated carbocycles. The monoisotopic (exact) mass is 384 g/mol. The molecule has 0 fully saturated rings. The molecule has 2 rings (SSSR count). The molecule has 0 bridgehead atoms. The fourth-order valence-electron chi connectivity index (χ4n) is 1.88. The molecule has 2 aromatic carbocycles. The van der Waals surface area contributed by atoms with Gasteiger partial charge in [0, 0.05) is 11.9 Å². The molecule has 0 aliphatic heterocycles. The second-order valence-corrected chi connectivity index (χ2v) is 8.73.